The van der Waals surface area contributed by atoms with Crippen molar-refractivity contribution in [1.29, 1.82) is 0 Å². The lowest BCUT2D eigenvalue weighted by Gasteiger charge is -2.38. The average Bonchev–Trinajstić information content (AvgIpc) is 2.59. The second-order valence-corrected chi connectivity index (χ2v) is 5.82. The molecule has 1 unspecified atom stereocenters. The van der Waals surface area contributed by atoms with Crippen LogP contribution in [0.5, 0.6) is 0 Å². The Kier molecular flexibility index (Phi) is 9.06. The first-order valence-corrected chi connectivity index (χ1v) is 7.99. The minimum Gasteiger partial charge on any atom is -0.211 e. The fourth-order valence-corrected chi connectivity index (χ4v) is 3.18. The highest BCUT2D eigenvalue weighted by Gasteiger charge is 2.42. The van der Waals surface area contributed by atoms with Gasteiger partial charge in [-0.05, 0) is 38.5 Å². The highest BCUT2D eigenvalue weighted by atomic mass is 16.1. The fourth-order valence-electron chi connectivity index (χ4n) is 3.18. The van der Waals surface area contributed by atoms with E-state index in [1.54, 1.807) is 18.2 Å². The molecule has 0 aliphatic heterocycles. The fraction of sp³-hybridized carbons (Fsp3) is 0.750. The SMILES string of the molecule is O=C=NCCCCCC(N=C=O)C1(N=C=O)CCC(N=C=O)CC1. The van der Waals surface area contributed by atoms with Crippen molar-refractivity contribution in [3.63, 3.8) is 0 Å². The third-order valence-electron chi connectivity index (χ3n) is 4.47. The molecule has 0 aromatic carbocycles. The Morgan fingerprint density at radius 1 is 0.917 bits per heavy atom. The van der Waals surface area contributed by atoms with Gasteiger partial charge in [0.1, 0.15) is 0 Å². The van der Waals surface area contributed by atoms with E-state index < -0.39 is 11.6 Å². The standard InChI is InChI=1S/C16H20N4O4/c21-10-17-9-3-1-2-4-15(19-12-23)16(20-13-24)7-5-14(6-8-16)18-11-22/h14-15H,1-9H2. The summed E-state index contributed by atoms with van der Waals surface area (Å²) in [5.74, 6) is 0. The van der Waals surface area contributed by atoms with Gasteiger partial charge in [-0.3, -0.25) is 0 Å². The molecular weight excluding hydrogens is 312 g/mol. The summed E-state index contributed by atoms with van der Waals surface area (Å²) in [5, 5.41) is 0. The zero-order valence-electron chi connectivity index (χ0n) is 13.4. The van der Waals surface area contributed by atoms with Crippen LogP contribution in [0.1, 0.15) is 51.4 Å². The molecule has 0 amide bonds. The number of carbonyl (C=O) groups excluding carboxylic acids is 4. The van der Waals surface area contributed by atoms with E-state index in [0.29, 0.717) is 38.6 Å². The number of rotatable bonds is 10. The van der Waals surface area contributed by atoms with Gasteiger partial charge in [0.05, 0.1) is 24.2 Å². The maximum atomic E-state index is 10.9. The number of aliphatic imine (C=N–C) groups is 4. The van der Waals surface area contributed by atoms with Gasteiger partial charge in [-0.25, -0.2) is 29.2 Å². The van der Waals surface area contributed by atoms with Gasteiger partial charge in [-0.15, -0.1) is 0 Å². The van der Waals surface area contributed by atoms with Crippen LogP contribution in [-0.4, -0.2) is 48.5 Å². The number of isocyanates is 4. The van der Waals surface area contributed by atoms with Gasteiger partial charge < -0.3 is 0 Å². The summed E-state index contributed by atoms with van der Waals surface area (Å²) in [6.45, 7) is 0.425. The largest absolute Gasteiger partial charge is 0.235 e. The molecule has 0 aromatic rings. The van der Waals surface area contributed by atoms with Crippen LogP contribution in [0.25, 0.3) is 0 Å². The molecule has 8 heteroatoms. The van der Waals surface area contributed by atoms with Crippen LogP contribution in [0.15, 0.2) is 20.0 Å². The van der Waals surface area contributed by atoms with Crippen molar-refractivity contribution in [2.75, 3.05) is 6.54 Å². The zero-order chi connectivity index (χ0) is 17.7. The van der Waals surface area contributed by atoms with Crippen LogP contribution in [0.3, 0.4) is 0 Å². The van der Waals surface area contributed by atoms with Gasteiger partial charge in [0, 0.05) is 0 Å². The van der Waals surface area contributed by atoms with Crippen LogP contribution >= 0.6 is 0 Å². The molecule has 8 nitrogen and oxygen atoms in total. The molecular formula is C16H20N4O4. The molecule has 1 rings (SSSR count). The molecule has 0 heterocycles. The summed E-state index contributed by atoms with van der Waals surface area (Å²) in [4.78, 5) is 57.1. The molecule has 1 aliphatic carbocycles. The van der Waals surface area contributed by atoms with Crippen LogP contribution in [0.4, 0.5) is 0 Å². The Labute approximate surface area is 139 Å². The molecule has 1 aliphatic rings. The molecule has 0 bridgehead atoms. The predicted molar refractivity (Wildman–Crippen MR) is 84.6 cm³/mol. The first-order chi connectivity index (χ1) is 11.7. The lowest BCUT2D eigenvalue weighted by atomic mass is 9.74. The van der Waals surface area contributed by atoms with Crippen molar-refractivity contribution >= 4 is 24.3 Å². The molecule has 0 N–H and O–H groups in total. The maximum absolute atomic E-state index is 10.9. The van der Waals surface area contributed by atoms with Gasteiger partial charge in [-0.2, -0.15) is 9.98 Å². The second-order valence-electron chi connectivity index (χ2n) is 5.82. The van der Waals surface area contributed by atoms with E-state index in [1.807, 2.05) is 0 Å². The number of unbranched alkanes of at least 4 members (excludes halogenated alkanes) is 2. The molecule has 0 radical (unpaired) electrons. The van der Waals surface area contributed by atoms with Crippen molar-refractivity contribution < 1.29 is 19.2 Å². The Bertz CT molecular complexity index is 587. The topological polar surface area (TPSA) is 118 Å². The molecule has 1 saturated carbocycles. The lowest BCUT2D eigenvalue weighted by molar-refractivity contribution is 0.224. The first-order valence-electron chi connectivity index (χ1n) is 7.99. The first kappa shape index (κ1) is 19.6. The molecule has 128 valence electrons. The third kappa shape index (κ3) is 5.96. The van der Waals surface area contributed by atoms with Crippen molar-refractivity contribution in [3.05, 3.63) is 0 Å². The molecule has 1 atom stereocenters. The van der Waals surface area contributed by atoms with Crippen molar-refractivity contribution in [2.45, 2.75) is 69.0 Å². The van der Waals surface area contributed by atoms with Gasteiger partial charge in [0.25, 0.3) is 0 Å². The zero-order valence-corrected chi connectivity index (χ0v) is 13.4. The summed E-state index contributed by atoms with van der Waals surface area (Å²) in [5.41, 5.74) is -0.783. The summed E-state index contributed by atoms with van der Waals surface area (Å²) in [7, 11) is 0. The Balaban J connectivity index is 2.73. The van der Waals surface area contributed by atoms with E-state index in [-0.39, 0.29) is 6.04 Å². The van der Waals surface area contributed by atoms with E-state index in [9.17, 15) is 19.2 Å². The summed E-state index contributed by atoms with van der Waals surface area (Å²) in [6.07, 6.45) is 11.3. The molecule has 1 fully saturated rings. The molecule has 0 aromatic heterocycles. The Hall–Kier alpha value is -2.48. The van der Waals surface area contributed by atoms with Gasteiger partial charge >= 0.3 is 0 Å². The van der Waals surface area contributed by atoms with Crippen molar-refractivity contribution in [1.82, 2.24) is 0 Å². The van der Waals surface area contributed by atoms with Crippen LogP contribution in [0.2, 0.25) is 0 Å². The number of hydrogen-bond donors (Lipinski definition) is 0. The summed E-state index contributed by atoms with van der Waals surface area (Å²) >= 11 is 0. The summed E-state index contributed by atoms with van der Waals surface area (Å²) < 4.78 is 0. The number of nitrogens with zero attached hydrogens (tertiary/aromatic N) is 4. The quantitative estimate of drug-likeness (QED) is 0.345. The van der Waals surface area contributed by atoms with Crippen LogP contribution in [0, 0.1) is 0 Å². The van der Waals surface area contributed by atoms with E-state index >= 15 is 0 Å². The minimum atomic E-state index is -0.783. The molecule has 24 heavy (non-hydrogen) atoms. The van der Waals surface area contributed by atoms with Crippen LogP contribution in [-0.2, 0) is 19.2 Å². The Morgan fingerprint density at radius 2 is 1.67 bits per heavy atom. The molecule has 0 spiro atoms. The second kappa shape index (κ2) is 11.1. The maximum Gasteiger partial charge on any atom is 0.235 e. The Morgan fingerprint density at radius 3 is 2.25 bits per heavy atom. The van der Waals surface area contributed by atoms with Gasteiger partial charge in [0.15, 0.2) is 0 Å². The van der Waals surface area contributed by atoms with E-state index in [0.717, 1.165) is 19.3 Å². The normalized spacial score (nSPS) is 23.6. The highest BCUT2D eigenvalue weighted by molar-refractivity contribution is 5.38. The predicted octanol–water partition coefficient (Wildman–Crippen LogP) is 1.94. The minimum absolute atomic E-state index is 0.125. The number of hydrogen-bond acceptors (Lipinski definition) is 8. The van der Waals surface area contributed by atoms with E-state index in [1.165, 1.54) is 6.08 Å². The third-order valence-corrected chi connectivity index (χ3v) is 4.47. The smallest absolute Gasteiger partial charge is 0.211 e. The van der Waals surface area contributed by atoms with E-state index in [4.69, 9.17) is 0 Å². The van der Waals surface area contributed by atoms with Crippen molar-refractivity contribution in [3.8, 4) is 0 Å². The highest BCUT2D eigenvalue weighted by Crippen LogP contribution is 2.38. The lowest BCUT2D eigenvalue weighted by Crippen LogP contribution is -2.43. The van der Waals surface area contributed by atoms with Gasteiger partial charge in [-0.1, -0.05) is 12.8 Å². The van der Waals surface area contributed by atoms with E-state index in [2.05, 4.69) is 20.0 Å². The van der Waals surface area contributed by atoms with Crippen molar-refractivity contribution in [2.24, 2.45) is 20.0 Å². The monoisotopic (exact) mass is 332 g/mol. The molecule has 0 saturated heterocycles. The average molecular weight is 332 g/mol. The van der Waals surface area contributed by atoms with Crippen LogP contribution < -0.4 is 0 Å². The van der Waals surface area contributed by atoms with Gasteiger partial charge in [0.2, 0.25) is 24.3 Å². The summed E-state index contributed by atoms with van der Waals surface area (Å²) in [6, 6.07) is -0.577.